The van der Waals surface area contributed by atoms with Crippen LogP contribution in [-0.4, -0.2) is 51.9 Å². The Bertz CT molecular complexity index is 989. The van der Waals surface area contributed by atoms with Crippen LogP contribution in [0.15, 0.2) is 42.5 Å². The molecule has 2 aliphatic rings. The molecule has 2 fully saturated rings. The summed E-state index contributed by atoms with van der Waals surface area (Å²) in [5.41, 5.74) is 1.21. The minimum Gasteiger partial charge on any atom is -0.497 e. The third-order valence-corrected chi connectivity index (χ3v) is 6.02. The van der Waals surface area contributed by atoms with Crippen LogP contribution >= 0.6 is 0 Å². The lowest BCUT2D eigenvalue weighted by molar-refractivity contribution is -0.122. The molecule has 0 saturated carbocycles. The van der Waals surface area contributed by atoms with Crippen LogP contribution in [-0.2, 0) is 14.3 Å². The van der Waals surface area contributed by atoms with Gasteiger partial charge in [-0.25, -0.2) is 0 Å². The standard InChI is InChI=1S/C25H30N2O6/c1-30-18-10-11-21(23(14-18)31-2)27-15-17(13-24(27)28)25(29)26-20-8-3-4-9-22(20)33-16-19-7-5-6-12-32-19/h3-4,8-11,14,17,19H,5-7,12-13,15-16H2,1-2H3,(H,26,29). The van der Waals surface area contributed by atoms with Gasteiger partial charge in [0.25, 0.3) is 0 Å². The number of methoxy groups -OCH3 is 2. The fourth-order valence-corrected chi connectivity index (χ4v) is 4.18. The number of carbonyl (C=O) groups is 2. The first-order valence-corrected chi connectivity index (χ1v) is 11.3. The number of nitrogens with one attached hydrogen (secondary N) is 1. The van der Waals surface area contributed by atoms with Crippen molar-refractivity contribution < 1.29 is 28.5 Å². The molecule has 0 aliphatic carbocycles. The van der Waals surface area contributed by atoms with Gasteiger partial charge in [0.2, 0.25) is 11.8 Å². The van der Waals surface area contributed by atoms with Crippen molar-refractivity contribution in [3.63, 3.8) is 0 Å². The molecular weight excluding hydrogens is 424 g/mol. The summed E-state index contributed by atoms with van der Waals surface area (Å²) in [6, 6.07) is 12.6. The van der Waals surface area contributed by atoms with Crippen molar-refractivity contribution in [3.05, 3.63) is 42.5 Å². The van der Waals surface area contributed by atoms with E-state index in [0.29, 0.717) is 35.2 Å². The topological polar surface area (TPSA) is 86.3 Å². The largest absolute Gasteiger partial charge is 0.497 e. The average Bonchev–Trinajstić information content (AvgIpc) is 3.25. The van der Waals surface area contributed by atoms with Gasteiger partial charge in [0.15, 0.2) is 0 Å². The number of carbonyl (C=O) groups excluding carboxylic acids is 2. The van der Waals surface area contributed by atoms with Gasteiger partial charge in [0.1, 0.15) is 23.9 Å². The van der Waals surface area contributed by atoms with E-state index in [1.165, 1.54) is 7.11 Å². The Morgan fingerprint density at radius 3 is 2.73 bits per heavy atom. The van der Waals surface area contributed by atoms with Gasteiger partial charge in [-0.15, -0.1) is 0 Å². The van der Waals surface area contributed by atoms with Crippen LogP contribution in [0.1, 0.15) is 25.7 Å². The van der Waals surface area contributed by atoms with Crippen molar-refractivity contribution in [3.8, 4) is 17.2 Å². The maximum Gasteiger partial charge on any atom is 0.229 e. The minimum atomic E-state index is -0.487. The smallest absolute Gasteiger partial charge is 0.229 e. The maximum absolute atomic E-state index is 13.0. The van der Waals surface area contributed by atoms with Gasteiger partial charge in [-0.2, -0.15) is 0 Å². The van der Waals surface area contributed by atoms with Crippen molar-refractivity contribution in [1.82, 2.24) is 0 Å². The van der Waals surface area contributed by atoms with Gasteiger partial charge < -0.3 is 29.2 Å². The van der Waals surface area contributed by atoms with Crippen LogP contribution in [0.25, 0.3) is 0 Å². The van der Waals surface area contributed by atoms with Crippen molar-refractivity contribution in [1.29, 1.82) is 0 Å². The summed E-state index contributed by atoms with van der Waals surface area (Å²) in [5, 5.41) is 2.94. The highest BCUT2D eigenvalue weighted by Crippen LogP contribution is 2.36. The number of para-hydroxylation sites is 2. The first kappa shape index (κ1) is 22.9. The molecule has 8 heteroatoms. The van der Waals surface area contributed by atoms with Gasteiger partial charge in [0, 0.05) is 25.6 Å². The Kier molecular flexibility index (Phi) is 7.34. The van der Waals surface area contributed by atoms with E-state index in [1.807, 2.05) is 18.2 Å². The predicted molar refractivity (Wildman–Crippen MR) is 124 cm³/mol. The van der Waals surface area contributed by atoms with E-state index < -0.39 is 5.92 Å². The number of nitrogens with zero attached hydrogens (tertiary/aromatic N) is 1. The zero-order valence-corrected chi connectivity index (χ0v) is 19.0. The third-order valence-electron chi connectivity index (χ3n) is 6.02. The number of hydrogen-bond acceptors (Lipinski definition) is 6. The molecule has 2 atom stereocenters. The second-order valence-corrected chi connectivity index (χ2v) is 8.23. The van der Waals surface area contributed by atoms with Crippen molar-refractivity contribution in [2.24, 2.45) is 5.92 Å². The number of benzene rings is 2. The van der Waals surface area contributed by atoms with E-state index in [1.54, 1.807) is 36.3 Å². The summed E-state index contributed by atoms with van der Waals surface area (Å²) < 4.78 is 22.3. The lowest BCUT2D eigenvalue weighted by Crippen LogP contribution is -2.29. The zero-order chi connectivity index (χ0) is 23.2. The molecule has 33 heavy (non-hydrogen) atoms. The minimum absolute atomic E-state index is 0.0722. The third kappa shape index (κ3) is 5.39. The summed E-state index contributed by atoms with van der Waals surface area (Å²) in [5.74, 6) is 0.914. The van der Waals surface area contributed by atoms with Crippen molar-refractivity contribution >= 4 is 23.2 Å². The van der Waals surface area contributed by atoms with E-state index in [4.69, 9.17) is 18.9 Å². The highest BCUT2D eigenvalue weighted by Gasteiger charge is 2.36. The van der Waals surface area contributed by atoms with E-state index in [9.17, 15) is 9.59 Å². The molecule has 0 bridgehead atoms. The Morgan fingerprint density at radius 2 is 1.97 bits per heavy atom. The summed E-state index contributed by atoms with van der Waals surface area (Å²) in [7, 11) is 3.11. The predicted octanol–water partition coefficient (Wildman–Crippen LogP) is 3.64. The average molecular weight is 455 g/mol. The summed E-state index contributed by atoms with van der Waals surface area (Å²) in [6.45, 7) is 1.48. The molecule has 0 radical (unpaired) electrons. The van der Waals surface area contributed by atoms with Crippen molar-refractivity contribution in [2.75, 3.05) is 44.2 Å². The van der Waals surface area contributed by atoms with Crippen LogP contribution in [0.3, 0.4) is 0 Å². The first-order chi connectivity index (χ1) is 16.1. The van der Waals surface area contributed by atoms with E-state index in [2.05, 4.69) is 5.32 Å². The number of rotatable bonds is 8. The molecule has 2 saturated heterocycles. The number of amides is 2. The second kappa shape index (κ2) is 10.6. The molecule has 2 amide bonds. The van der Waals surface area contributed by atoms with Crippen LogP contribution < -0.4 is 24.4 Å². The lowest BCUT2D eigenvalue weighted by atomic mass is 10.1. The van der Waals surface area contributed by atoms with E-state index >= 15 is 0 Å². The highest BCUT2D eigenvalue weighted by molar-refractivity contribution is 6.04. The fourth-order valence-electron chi connectivity index (χ4n) is 4.18. The Morgan fingerprint density at radius 1 is 1.12 bits per heavy atom. The van der Waals surface area contributed by atoms with Crippen LogP contribution in [0.4, 0.5) is 11.4 Å². The number of ether oxygens (including phenoxy) is 4. The summed E-state index contributed by atoms with van der Waals surface area (Å²) >= 11 is 0. The molecule has 2 aromatic rings. The Labute approximate surface area is 193 Å². The fraction of sp³-hybridized carbons (Fsp3) is 0.440. The molecule has 0 aromatic heterocycles. The highest BCUT2D eigenvalue weighted by atomic mass is 16.5. The molecule has 8 nitrogen and oxygen atoms in total. The molecule has 176 valence electrons. The number of anilines is 2. The van der Waals surface area contributed by atoms with Crippen molar-refractivity contribution in [2.45, 2.75) is 31.8 Å². The molecule has 4 rings (SSSR count). The van der Waals surface area contributed by atoms with Gasteiger partial charge >= 0.3 is 0 Å². The normalized spacial score (nSPS) is 20.4. The Hall–Kier alpha value is -3.26. The molecule has 0 spiro atoms. The van der Waals surface area contributed by atoms with Crippen LogP contribution in [0, 0.1) is 5.92 Å². The lowest BCUT2D eigenvalue weighted by Gasteiger charge is -2.23. The molecule has 2 aromatic carbocycles. The van der Waals surface area contributed by atoms with E-state index in [-0.39, 0.29) is 30.9 Å². The monoisotopic (exact) mass is 454 g/mol. The summed E-state index contributed by atoms with van der Waals surface area (Å²) in [4.78, 5) is 27.3. The molecule has 1 N–H and O–H groups in total. The second-order valence-electron chi connectivity index (χ2n) is 8.23. The van der Waals surface area contributed by atoms with Gasteiger partial charge in [-0.1, -0.05) is 12.1 Å². The zero-order valence-electron chi connectivity index (χ0n) is 19.0. The maximum atomic E-state index is 13.0. The van der Waals surface area contributed by atoms with E-state index in [0.717, 1.165) is 25.9 Å². The quantitative estimate of drug-likeness (QED) is 0.655. The SMILES string of the molecule is COc1ccc(N2CC(C(=O)Nc3ccccc3OCC3CCCCO3)CC2=O)c(OC)c1. The molecule has 2 heterocycles. The molecule has 2 unspecified atom stereocenters. The molecule has 2 aliphatic heterocycles. The molecular formula is C25H30N2O6. The summed E-state index contributed by atoms with van der Waals surface area (Å²) in [6.07, 6.45) is 3.40. The van der Waals surface area contributed by atoms with Gasteiger partial charge in [-0.3, -0.25) is 9.59 Å². The van der Waals surface area contributed by atoms with Gasteiger partial charge in [-0.05, 0) is 43.5 Å². The van der Waals surface area contributed by atoms with Crippen LogP contribution in [0.5, 0.6) is 17.2 Å². The van der Waals surface area contributed by atoms with Crippen LogP contribution in [0.2, 0.25) is 0 Å². The van der Waals surface area contributed by atoms with Gasteiger partial charge in [0.05, 0.1) is 37.6 Å². The number of hydrogen-bond donors (Lipinski definition) is 1. The first-order valence-electron chi connectivity index (χ1n) is 11.3. The Balaban J connectivity index is 1.41.